The monoisotopic (exact) mass is 505 g/mol. The van der Waals surface area contributed by atoms with Crippen LogP contribution in [0.1, 0.15) is 62.6 Å². The minimum Gasteiger partial charge on any atom is -0.334 e. The molecule has 0 aliphatic heterocycles. The summed E-state index contributed by atoms with van der Waals surface area (Å²) < 4.78 is 43.1. The van der Waals surface area contributed by atoms with E-state index in [-0.39, 0.29) is 11.8 Å². The number of hydrogen-bond acceptors (Lipinski definition) is 3. The van der Waals surface area contributed by atoms with E-state index in [1.165, 1.54) is 0 Å². The number of carbonyl (C=O) groups is 1. The number of halogens is 4. The highest BCUT2D eigenvalue weighted by atomic mass is 35.5. The molecular formula is C26H27ClF3N3O2. The van der Waals surface area contributed by atoms with Gasteiger partial charge in [-0.15, -0.1) is 13.2 Å². The van der Waals surface area contributed by atoms with Crippen LogP contribution in [-0.4, -0.2) is 27.9 Å². The van der Waals surface area contributed by atoms with Gasteiger partial charge in [-0.05, 0) is 79.5 Å². The molecule has 3 aromatic rings. The first kappa shape index (κ1) is 24.1. The zero-order valence-corrected chi connectivity index (χ0v) is 19.9. The van der Waals surface area contributed by atoms with Crippen LogP contribution in [-0.2, 0) is 9.53 Å². The second-order valence-electron chi connectivity index (χ2n) is 9.73. The van der Waals surface area contributed by atoms with Gasteiger partial charge >= 0.3 is 6.36 Å². The van der Waals surface area contributed by atoms with E-state index < -0.39 is 12.5 Å². The molecule has 5 nitrogen and oxygen atoms in total. The Hall–Kier alpha value is -2.58. The number of aromatic nitrogens is 2. The van der Waals surface area contributed by atoms with Gasteiger partial charge in [0.1, 0.15) is 0 Å². The van der Waals surface area contributed by atoms with Gasteiger partial charge < -0.3 is 9.88 Å². The van der Waals surface area contributed by atoms with Gasteiger partial charge in [0.2, 0.25) is 5.91 Å². The van der Waals surface area contributed by atoms with Gasteiger partial charge in [0, 0.05) is 35.3 Å². The van der Waals surface area contributed by atoms with E-state index in [9.17, 15) is 18.0 Å². The Bertz CT molecular complexity index is 1200. The first-order chi connectivity index (χ1) is 16.7. The van der Waals surface area contributed by atoms with Crippen LogP contribution in [0, 0.1) is 5.92 Å². The summed E-state index contributed by atoms with van der Waals surface area (Å²) in [4.78, 5) is 17.1. The Morgan fingerprint density at radius 1 is 1.09 bits per heavy atom. The zero-order chi connectivity index (χ0) is 24.6. The maximum absolute atomic E-state index is 12.6. The number of anilines is 1. The van der Waals surface area contributed by atoms with E-state index >= 15 is 0 Å². The fraction of sp³-hybridized carbons (Fsp3) is 0.462. The van der Waals surface area contributed by atoms with E-state index in [4.69, 9.17) is 11.6 Å². The molecule has 2 aliphatic rings. The molecule has 1 amide bonds. The van der Waals surface area contributed by atoms with Gasteiger partial charge in [-0.25, -0.2) is 4.98 Å². The molecule has 1 aromatic heterocycles. The Kier molecular flexibility index (Phi) is 6.77. The van der Waals surface area contributed by atoms with Crippen LogP contribution in [0.4, 0.5) is 18.9 Å². The van der Waals surface area contributed by atoms with Crippen molar-refractivity contribution in [2.75, 3.05) is 5.32 Å². The normalized spacial score (nSPS) is 24.8. The third kappa shape index (κ3) is 5.98. The number of nitrogens with zero attached hydrogens (tertiary/aromatic N) is 2. The van der Waals surface area contributed by atoms with E-state index in [1.54, 1.807) is 6.33 Å². The fourth-order valence-electron chi connectivity index (χ4n) is 5.27. The molecule has 2 aromatic carbocycles. The smallest absolute Gasteiger partial charge is 0.334 e. The summed E-state index contributed by atoms with van der Waals surface area (Å²) in [5.41, 5.74) is 1.62. The molecule has 0 atom stereocenters. The predicted octanol–water partition coefficient (Wildman–Crippen LogP) is 7.23. The molecule has 0 bridgehead atoms. The van der Waals surface area contributed by atoms with Crippen LogP contribution in [0.5, 0.6) is 0 Å². The molecule has 35 heavy (non-hydrogen) atoms. The third-order valence-electron chi connectivity index (χ3n) is 7.23. The number of benzene rings is 2. The number of amides is 1. The average Bonchev–Trinajstić information content (AvgIpc) is 3.25. The van der Waals surface area contributed by atoms with Crippen molar-refractivity contribution in [3.63, 3.8) is 0 Å². The van der Waals surface area contributed by atoms with Crippen molar-refractivity contribution < 1.29 is 22.7 Å². The van der Waals surface area contributed by atoms with Crippen molar-refractivity contribution >= 4 is 34.0 Å². The molecule has 1 N–H and O–H groups in total. The lowest BCUT2D eigenvalue weighted by Gasteiger charge is -2.34. The third-order valence-corrected chi connectivity index (χ3v) is 7.47. The standard InChI is InChI=1S/C26H27ClF3N3O2/c27-20-5-3-18-11-21(6-4-17(18)10-20)32-25(34)9-16-1-7-22(8-2-16)33-14-24(31-15-33)19-12-23(13-19)35-26(28,29)30/h3-6,10-11,14-16,19,22-23H,1-2,7-9,12-13H2,(H,32,34). The molecule has 0 saturated heterocycles. The fourth-order valence-corrected chi connectivity index (χ4v) is 5.45. The summed E-state index contributed by atoms with van der Waals surface area (Å²) in [7, 11) is 0. The molecule has 0 unspecified atom stereocenters. The molecule has 0 spiro atoms. The molecular weight excluding hydrogens is 479 g/mol. The number of carbonyl (C=O) groups excluding carboxylic acids is 1. The highest BCUT2D eigenvalue weighted by Crippen LogP contribution is 2.41. The maximum Gasteiger partial charge on any atom is 0.522 e. The van der Waals surface area contributed by atoms with Gasteiger partial charge in [0.25, 0.3) is 0 Å². The zero-order valence-electron chi connectivity index (χ0n) is 19.1. The second kappa shape index (κ2) is 9.82. The van der Waals surface area contributed by atoms with Gasteiger partial charge in [0.05, 0.1) is 18.1 Å². The summed E-state index contributed by atoms with van der Waals surface area (Å²) >= 11 is 6.04. The van der Waals surface area contributed by atoms with Crippen molar-refractivity contribution in [2.45, 2.75) is 69.4 Å². The Morgan fingerprint density at radius 3 is 2.54 bits per heavy atom. The quantitative estimate of drug-likeness (QED) is 0.384. The van der Waals surface area contributed by atoms with E-state index in [2.05, 4.69) is 19.6 Å². The van der Waals surface area contributed by atoms with Crippen LogP contribution in [0.2, 0.25) is 5.02 Å². The van der Waals surface area contributed by atoms with Crippen LogP contribution in [0.15, 0.2) is 48.9 Å². The van der Waals surface area contributed by atoms with Crippen LogP contribution in [0.3, 0.4) is 0 Å². The molecule has 2 saturated carbocycles. The highest BCUT2D eigenvalue weighted by Gasteiger charge is 2.41. The molecule has 1 heterocycles. The molecule has 0 radical (unpaired) electrons. The first-order valence-corrected chi connectivity index (χ1v) is 12.4. The number of imidazole rings is 1. The summed E-state index contributed by atoms with van der Waals surface area (Å²) in [5.74, 6) is 0.378. The highest BCUT2D eigenvalue weighted by molar-refractivity contribution is 6.31. The number of alkyl halides is 3. The molecule has 2 aliphatic carbocycles. The summed E-state index contributed by atoms with van der Waals surface area (Å²) in [6.45, 7) is 0. The predicted molar refractivity (Wildman–Crippen MR) is 128 cm³/mol. The van der Waals surface area contributed by atoms with E-state index in [1.807, 2.05) is 42.6 Å². The van der Waals surface area contributed by atoms with E-state index in [0.29, 0.717) is 36.2 Å². The number of nitrogens with one attached hydrogen (secondary N) is 1. The van der Waals surface area contributed by atoms with Crippen molar-refractivity contribution in [3.05, 3.63) is 59.6 Å². The van der Waals surface area contributed by atoms with Crippen molar-refractivity contribution in [1.82, 2.24) is 9.55 Å². The Balaban J connectivity index is 1.08. The lowest BCUT2D eigenvalue weighted by molar-refractivity contribution is -0.351. The second-order valence-corrected chi connectivity index (χ2v) is 10.2. The van der Waals surface area contributed by atoms with Gasteiger partial charge in [-0.2, -0.15) is 0 Å². The first-order valence-electron chi connectivity index (χ1n) is 12.0. The molecule has 5 rings (SSSR count). The summed E-state index contributed by atoms with van der Waals surface area (Å²) in [6, 6.07) is 11.8. The molecule has 2 fully saturated rings. The van der Waals surface area contributed by atoms with Crippen LogP contribution in [0.25, 0.3) is 10.8 Å². The Morgan fingerprint density at radius 2 is 1.80 bits per heavy atom. The minimum atomic E-state index is -4.57. The SMILES string of the molecule is O=C(CC1CCC(n2cnc(C3CC(OC(F)(F)F)C3)c2)CC1)Nc1ccc2cc(Cl)ccc2c1. The Labute approximate surface area is 206 Å². The van der Waals surface area contributed by atoms with Gasteiger partial charge in [-0.3, -0.25) is 9.53 Å². The van der Waals surface area contributed by atoms with Gasteiger partial charge in [0.15, 0.2) is 0 Å². The van der Waals surface area contributed by atoms with E-state index in [0.717, 1.165) is 47.8 Å². The number of ether oxygens (including phenoxy) is 1. The van der Waals surface area contributed by atoms with Crippen molar-refractivity contribution in [3.8, 4) is 0 Å². The number of rotatable bonds is 6. The van der Waals surface area contributed by atoms with Crippen LogP contribution >= 0.6 is 11.6 Å². The molecule has 186 valence electrons. The summed E-state index contributed by atoms with van der Waals surface area (Å²) in [6.07, 6.45) is 3.42. The molecule has 9 heteroatoms. The number of hydrogen-bond donors (Lipinski definition) is 1. The topological polar surface area (TPSA) is 56.2 Å². The summed E-state index contributed by atoms with van der Waals surface area (Å²) in [5, 5.41) is 5.76. The van der Waals surface area contributed by atoms with Crippen molar-refractivity contribution in [1.29, 1.82) is 0 Å². The lowest BCUT2D eigenvalue weighted by atomic mass is 9.80. The van der Waals surface area contributed by atoms with Crippen LogP contribution < -0.4 is 5.32 Å². The lowest BCUT2D eigenvalue weighted by Crippen LogP contribution is -2.34. The number of fused-ring (bicyclic) bond motifs is 1. The average molecular weight is 506 g/mol. The van der Waals surface area contributed by atoms with Gasteiger partial charge in [-0.1, -0.05) is 23.7 Å². The maximum atomic E-state index is 12.6. The largest absolute Gasteiger partial charge is 0.522 e. The minimum absolute atomic E-state index is 0.0206. The van der Waals surface area contributed by atoms with Crippen molar-refractivity contribution in [2.24, 2.45) is 5.92 Å².